The van der Waals surface area contributed by atoms with Crippen molar-refractivity contribution in [3.63, 3.8) is 0 Å². The minimum atomic E-state index is -0.459. The lowest BCUT2D eigenvalue weighted by molar-refractivity contribution is -0.128. The number of rotatable bonds is 1. The van der Waals surface area contributed by atoms with Gasteiger partial charge in [-0.3, -0.25) is 19.8 Å². The number of aromatic nitrogens is 1. The SMILES string of the molecule is CN1C(=O)C(=Cc2cccn2C(C)(C)C)C(=O)NC1=S. The van der Waals surface area contributed by atoms with Gasteiger partial charge in [-0.15, -0.1) is 0 Å². The lowest BCUT2D eigenvalue weighted by Crippen LogP contribution is -2.52. The van der Waals surface area contributed by atoms with Crippen LogP contribution in [0.25, 0.3) is 6.08 Å². The maximum atomic E-state index is 12.1. The monoisotopic (exact) mass is 291 g/mol. The van der Waals surface area contributed by atoms with Gasteiger partial charge in [0, 0.05) is 24.5 Å². The molecule has 0 aliphatic carbocycles. The highest BCUT2D eigenvalue weighted by molar-refractivity contribution is 7.80. The van der Waals surface area contributed by atoms with E-state index in [4.69, 9.17) is 12.2 Å². The second-order valence-corrected chi connectivity index (χ2v) is 6.04. The van der Waals surface area contributed by atoms with Crippen LogP contribution in [0.4, 0.5) is 0 Å². The fraction of sp³-hybridized carbons (Fsp3) is 0.357. The summed E-state index contributed by atoms with van der Waals surface area (Å²) in [6, 6.07) is 3.75. The maximum absolute atomic E-state index is 12.1. The molecule has 1 saturated heterocycles. The van der Waals surface area contributed by atoms with Gasteiger partial charge in [-0.05, 0) is 51.2 Å². The van der Waals surface area contributed by atoms with E-state index >= 15 is 0 Å². The van der Waals surface area contributed by atoms with E-state index in [2.05, 4.69) is 26.1 Å². The number of nitrogens with one attached hydrogen (secondary N) is 1. The Balaban J connectivity index is 2.45. The number of likely N-dealkylation sites (N-methyl/N-ethyl adjacent to an activating group) is 1. The number of thiocarbonyl (C=S) groups is 1. The molecule has 0 bridgehead atoms. The highest BCUT2D eigenvalue weighted by Crippen LogP contribution is 2.21. The number of carbonyl (C=O) groups is 2. The van der Waals surface area contributed by atoms with E-state index in [1.54, 1.807) is 13.1 Å². The Kier molecular flexibility index (Phi) is 3.52. The Bertz CT molecular complexity index is 623. The van der Waals surface area contributed by atoms with E-state index in [0.29, 0.717) is 0 Å². The molecule has 2 heterocycles. The number of hydrogen-bond donors (Lipinski definition) is 1. The van der Waals surface area contributed by atoms with Crippen molar-refractivity contribution < 1.29 is 9.59 Å². The summed E-state index contributed by atoms with van der Waals surface area (Å²) in [5.41, 5.74) is 0.758. The van der Waals surface area contributed by atoms with Crippen molar-refractivity contribution in [2.45, 2.75) is 26.3 Å². The predicted octanol–water partition coefficient (Wildman–Crippen LogP) is 1.50. The van der Waals surface area contributed by atoms with Crippen LogP contribution in [0.3, 0.4) is 0 Å². The molecule has 2 rings (SSSR count). The Labute approximate surface area is 123 Å². The third-order valence-corrected chi connectivity index (χ3v) is 3.48. The van der Waals surface area contributed by atoms with Gasteiger partial charge in [-0.2, -0.15) is 0 Å². The van der Waals surface area contributed by atoms with Gasteiger partial charge in [0.25, 0.3) is 11.8 Å². The van der Waals surface area contributed by atoms with Gasteiger partial charge >= 0.3 is 0 Å². The molecule has 106 valence electrons. The fourth-order valence-corrected chi connectivity index (χ4v) is 2.19. The van der Waals surface area contributed by atoms with Gasteiger partial charge in [0.05, 0.1) is 0 Å². The molecule has 5 nitrogen and oxygen atoms in total. The molecule has 0 spiro atoms. The molecular weight excluding hydrogens is 274 g/mol. The lowest BCUT2D eigenvalue weighted by atomic mass is 10.1. The van der Waals surface area contributed by atoms with Gasteiger partial charge in [0.1, 0.15) is 5.57 Å². The summed E-state index contributed by atoms with van der Waals surface area (Å²) in [6.45, 7) is 6.16. The summed E-state index contributed by atoms with van der Waals surface area (Å²) in [4.78, 5) is 25.3. The van der Waals surface area contributed by atoms with Crippen molar-refractivity contribution in [2.24, 2.45) is 0 Å². The van der Waals surface area contributed by atoms with Gasteiger partial charge in [-0.25, -0.2) is 0 Å². The quantitative estimate of drug-likeness (QED) is 0.485. The minimum absolute atomic E-state index is 0.0882. The van der Waals surface area contributed by atoms with Gasteiger partial charge < -0.3 is 4.57 Å². The zero-order valence-electron chi connectivity index (χ0n) is 11.9. The molecule has 1 aromatic rings. The molecule has 20 heavy (non-hydrogen) atoms. The molecule has 0 aromatic carbocycles. The Hall–Kier alpha value is -1.95. The van der Waals surface area contributed by atoms with Crippen LogP contribution in [-0.4, -0.2) is 33.4 Å². The average Bonchev–Trinajstić information content (AvgIpc) is 2.80. The molecule has 2 amide bonds. The van der Waals surface area contributed by atoms with Crippen LogP contribution in [-0.2, 0) is 15.1 Å². The van der Waals surface area contributed by atoms with Crippen molar-refractivity contribution in [2.75, 3.05) is 7.05 Å². The van der Waals surface area contributed by atoms with E-state index < -0.39 is 5.91 Å². The van der Waals surface area contributed by atoms with E-state index in [0.717, 1.165) is 5.69 Å². The molecule has 1 aliphatic heterocycles. The largest absolute Gasteiger partial charge is 0.343 e. The summed E-state index contributed by atoms with van der Waals surface area (Å²) in [6.07, 6.45) is 3.52. The number of nitrogens with zero attached hydrogens (tertiary/aromatic N) is 2. The van der Waals surface area contributed by atoms with Crippen molar-refractivity contribution in [1.82, 2.24) is 14.8 Å². The summed E-state index contributed by atoms with van der Waals surface area (Å²) in [5, 5.41) is 2.63. The molecule has 1 aromatic heterocycles. The minimum Gasteiger partial charge on any atom is -0.343 e. The van der Waals surface area contributed by atoms with Crippen LogP contribution in [0.2, 0.25) is 0 Å². The van der Waals surface area contributed by atoms with Crippen molar-refractivity contribution in [3.8, 4) is 0 Å². The van der Waals surface area contributed by atoms with Crippen molar-refractivity contribution >= 4 is 35.2 Å². The molecular formula is C14H17N3O2S. The van der Waals surface area contributed by atoms with E-state index in [-0.39, 0.29) is 22.1 Å². The van der Waals surface area contributed by atoms with E-state index in [9.17, 15) is 9.59 Å². The first-order valence-corrected chi connectivity index (χ1v) is 6.65. The first kappa shape index (κ1) is 14.5. The topological polar surface area (TPSA) is 54.3 Å². The predicted molar refractivity (Wildman–Crippen MR) is 80.9 cm³/mol. The number of amides is 2. The molecule has 1 fully saturated rings. The van der Waals surface area contributed by atoms with Gasteiger partial charge in [0.2, 0.25) is 0 Å². The molecule has 6 heteroatoms. The Morgan fingerprint density at radius 1 is 1.30 bits per heavy atom. The summed E-state index contributed by atoms with van der Waals surface area (Å²) in [5.74, 6) is -0.847. The molecule has 0 radical (unpaired) electrons. The van der Waals surface area contributed by atoms with Gasteiger partial charge in [0.15, 0.2) is 5.11 Å². The zero-order valence-corrected chi connectivity index (χ0v) is 12.7. The first-order valence-electron chi connectivity index (χ1n) is 6.24. The lowest BCUT2D eigenvalue weighted by Gasteiger charge is -2.26. The molecule has 1 aliphatic rings. The van der Waals surface area contributed by atoms with Crippen molar-refractivity contribution in [3.05, 3.63) is 29.6 Å². The Morgan fingerprint density at radius 2 is 1.95 bits per heavy atom. The van der Waals surface area contributed by atoms with E-state index in [1.807, 2.05) is 22.9 Å². The van der Waals surface area contributed by atoms with Crippen LogP contribution < -0.4 is 5.32 Å². The fourth-order valence-electron chi connectivity index (χ4n) is 2.02. The molecule has 0 saturated carbocycles. The zero-order chi connectivity index (χ0) is 15.1. The molecule has 1 N–H and O–H groups in total. The average molecular weight is 291 g/mol. The first-order chi connectivity index (χ1) is 9.21. The van der Waals surface area contributed by atoms with Crippen molar-refractivity contribution in [1.29, 1.82) is 0 Å². The second kappa shape index (κ2) is 4.86. The third kappa shape index (κ3) is 2.51. The normalized spacial score (nSPS) is 18.7. The maximum Gasteiger partial charge on any atom is 0.265 e. The number of hydrogen-bond acceptors (Lipinski definition) is 3. The standard InChI is InChI=1S/C14H17N3O2S/c1-14(2,3)17-7-5-6-9(17)8-10-11(18)15-13(20)16(4)12(10)19/h5-8H,1-4H3,(H,15,18,20). The second-order valence-electron chi connectivity index (χ2n) is 5.66. The van der Waals surface area contributed by atoms with Crippen LogP contribution in [0, 0.1) is 0 Å². The van der Waals surface area contributed by atoms with Crippen LogP contribution >= 0.6 is 12.2 Å². The summed E-state index contributed by atoms with van der Waals surface area (Å²) < 4.78 is 2.01. The summed E-state index contributed by atoms with van der Waals surface area (Å²) in [7, 11) is 1.54. The molecule has 0 unspecified atom stereocenters. The van der Waals surface area contributed by atoms with Crippen LogP contribution in [0.5, 0.6) is 0 Å². The van der Waals surface area contributed by atoms with Gasteiger partial charge in [-0.1, -0.05) is 0 Å². The number of carbonyl (C=O) groups excluding carboxylic acids is 2. The van der Waals surface area contributed by atoms with Crippen LogP contribution in [0.15, 0.2) is 23.9 Å². The highest BCUT2D eigenvalue weighted by Gasteiger charge is 2.31. The van der Waals surface area contributed by atoms with Crippen LogP contribution in [0.1, 0.15) is 26.5 Å². The van der Waals surface area contributed by atoms with E-state index in [1.165, 1.54) is 4.90 Å². The molecule has 0 atom stereocenters. The highest BCUT2D eigenvalue weighted by atomic mass is 32.1. The third-order valence-electron chi connectivity index (χ3n) is 3.10. The Morgan fingerprint density at radius 3 is 2.55 bits per heavy atom. The summed E-state index contributed by atoms with van der Waals surface area (Å²) >= 11 is 4.91. The smallest absolute Gasteiger partial charge is 0.265 e.